The highest BCUT2D eigenvalue weighted by molar-refractivity contribution is 6.29. The monoisotopic (exact) mass is 415 g/mol. The molecule has 0 spiro atoms. The molecule has 2 amide bonds. The third-order valence-electron chi connectivity index (χ3n) is 5.33. The van der Waals surface area contributed by atoms with Gasteiger partial charge in [-0.3, -0.25) is 9.59 Å². The van der Waals surface area contributed by atoms with Gasteiger partial charge in [0.15, 0.2) is 0 Å². The molecule has 0 saturated carbocycles. The molecule has 0 aliphatic carbocycles. The van der Waals surface area contributed by atoms with Crippen molar-refractivity contribution < 1.29 is 14.7 Å². The van der Waals surface area contributed by atoms with Gasteiger partial charge in [0.2, 0.25) is 11.8 Å². The molecule has 0 bridgehead atoms. The topological polar surface area (TPSA) is 73.7 Å². The molecule has 154 valence electrons. The molecule has 1 aliphatic heterocycles. The zero-order valence-corrected chi connectivity index (χ0v) is 17.3. The number of likely N-dealkylation sites (N-methyl/N-ethyl adjacent to an activating group) is 1. The van der Waals surface area contributed by atoms with E-state index in [2.05, 4.69) is 4.98 Å². The van der Waals surface area contributed by atoms with Crippen LogP contribution in [0.2, 0.25) is 5.15 Å². The highest BCUT2D eigenvalue weighted by atomic mass is 35.5. The van der Waals surface area contributed by atoms with E-state index in [0.717, 1.165) is 24.0 Å². The molecule has 1 aliphatic rings. The molecule has 0 radical (unpaired) electrons. The lowest BCUT2D eigenvalue weighted by Crippen LogP contribution is -2.49. The van der Waals surface area contributed by atoms with E-state index < -0.39 is 0 Å². The van der Waals surface area contributed by atoms with E-state index in [9.17, 15) is 14.7 Å². The Morgan fingerprint density at radius 2 is 1.93 bits per heavy atom. The summed E-state index contributed by atoms with van der Waals surface area (Å²) in [5.41, 5.74) is 1.65. The number of aromatic nitrogens is 1. The SMILES string of the molecule is CCN(C(=O)Cc1cccc(O)c1)C1CCN(C(=O)Cc2ccc(Cl)nc2)CC1. The van der Waals surface area contributed by atoms with E-state index in [4.69, 9.17) is 11.6 Å². The van der Waals surface area contributed by atoms with Crippen LogP contribution >= 0.6 is 11.6 Å². The van der Waals surface area contributed by atoms with Crippen LogP contribution in [0.15, 0.2) is 42.6 Å². The standard InChI is InChI=1S/C22H26ClN3O3/c1-2-26(22(29)13-16-4-3-5-19(27)12-16)18-8-10-25(11-9-18)21(28)14-17-6-7-20(23)24-15-17/h3-7,12,15,18,27H,2,8-11,13-14H2,1H3. The number of phenols is 1. The van der Waals surface area contributed by atoms with Gasteiger partial charge in [0.1, 0.15) is 10.9 Å². The summed E-state index contributed by atoms with van der Waals surface area (Å²) in [5.74, 6) is 0.290. The van der Waals surface area contributed by atoms with Crippen molar-refractivity contribution in [1.82, 2.24) is 14.8 Å². The van der Waals surface area contributed by atoms with Gasteiger partial charge in [-0.1, -0.05) is 29.8 Å². The number of carbonyl (C=O) groups is 2. The molecule has 0 unspecified atom stereocenters. The fraction of sp³-hybridized carbons (Fsp3) is 0.409. The van der Waals surface area contributed by atoms with Crippen molar-refractivity contribution in [2.24, 2.45) is 0 Å². The van der Waals surface area contributed by atoms with Crippen LogP contribution in [0, 0.1) is 0 Å². The Hall–Kier alpha value is -2.60. The van der Waals surface area contributed by atoms with Crippen LogP contribution in [-0.2, 0) is 22.4 Å². The highest BCUT2D eigenvalue weighted by Gasteiger charge is 2.28. The smallest absolute Gasteiger partial charge is 0.227 e. The number of benzene rings is 1. The highest BCUT2D eigenvalue weighted by Crippen LogP contribution is 2.20. The van der Waals surface area contributed by atoms with Crippen LogP contribution in [0.4, 0.5) is 0 Å². The molecule has 6 nitrogen and oxygen atoms in total. The predicted octanol–water partition coefficient (Wildman–Crippen LogP) is 3.07. The number of aromatic hydroxyl groups is 1. The van der Waals surface area contributed by atoms with Gasteiger partial charge >= 0.3 is 0 Å². The van der Waals surface area contributed by atoms with E-state index in [1.807, 2.05) is 28.9 Å². The van der Waals surface area contributed by atoms with Crippen molar-refractivity contribution in [3.8, 4) is 5.75 Å². The summed E-state index contributed by atoms with van der Waals surface area (Å²) in [4.78, 5) is 33.1. The minimum absolute atomic E-state index is 0.0510. The number of pyridine rings is 1. The number of hydrogen-bond donors (Lipinski definition) is 1. The maximum absolute atomic E-state index is 12.8. The molecular formula is C22H26ClN3O3. The lowest BCUT2D eigenvalue weighted by Gasteiger charge is -2.38. The minimum Gasteiger partial charge on any atom is -0.508 e. The lowest BCUT2D eigenvalue weighted by atomic mass is 10.0. The maximum Gasteiger partial charge on any atom is 0.227 e. The zero-order chi connectivity index (χ0) is 20.8. The molecule has 2 aromatic rings. The molecule has 3 rings (SSSR count). The Kier molecular flexibility index (Phi) is 7.09. The largest absolute Gasteiger partial charge is 0.508 e. The van der Waals surface area contributed by atoms with Crippen molar-refractivity contribution in [2.75, 3.05) is 19.6 Å². The molecule has 1 saturated heterocycles. The van der Waals surface area contributed by atoms with Crippen molar-refractivity contribution in [2.45, 2.75) is 38.6 Å². The summed E-state index contributed by atoms with van der Waals surface area (Å²) in [5, 5.41) is 10.0. The van der Waals surface area contributed by atoms with Gasteiger partial charge in [-0.25, -0.2) is 4.98 Å². The van der Waals surface area contributed by atoms with Gasteiger partial charge in [0.25, 0.3) is 0 Å². The molecular weight excluding hydrogens is 390 g/mol. The number of likely N-dealkylation sites (tertiary alicyclic amines) is 1. The van der Waals surface area contributed by atoms with Crippen LogP contribution < -0.4 is 0 Å². The first-order valence-electron chi connectivity index (χ1n) is 9.92. The fourth-order valence-electron chi connectivity index (χ4n) is 3.81. The van der Waals surface area contributed by atoms with Gasteiger partial charge in [-0.2, -0.15) is 0 Å². The van der Waals surface area contributed by atoms with E-state index in [0.29, 0.717) is 31.2 Å². The molecule has 0 atom stereocenters. The van der Waals surface area contributed by atoms with Crippen LogP contribution in [0.25, 0.3) is 0 Å². The Morgan fingerprint density at radius 3 is 2.55 bits per heavy atom. The third-order valence-corrected chi connectivity index (χ3v) is 5.55. The van der Waals surface area contributed by atoms with Crippen molar-refractivity contribution in [3.63, 3.8) is 0 Å². The van der Waals surface area contributed by atoms with Crippen molar-refractivity contribution in [3.05, 3.63) is 58.9 Å². The van der Waals surface area contributed by atoms with E-state index in [1.165, 1.54) is 0 Å². The first-order valence-corrected chi connectivity index (χ1v) is 10.3. The summed E-state index contributed by atoms with van der Waals surface area (Å²) < 4.78 is 0. The number of piperidine rings is 1. The summed E-state index contributed by atoms with van der Waals surface area (Å²) in [6, 6.07) is 10.4. The first-order chi connectivity index (χ1) is 14.0. The Labute approximate surface area is 176 Å². The number of rotatable bonds is 6. The summed E-state index contributed by atoms with van der Waals surface area (Å²) >= 11 is 5.79. The summed E-state index contributed by atoms with van der Waals surface area (Å²) in [7, 11) is 0. The molecule has 7 heteroatoms. The molecule has 1 aromatic carbocycles. The second-order valence-corrected chi connectivity index (χ2v) is 7.69. The van der Waals surface area contributed by atoms with Crippen LogP contribution in [0.3, 0.4) is 0 Å². The van der Waals surface area contributed by atoms with Gasteiger partial charge in [0, 0.05) is 31.9 Å². The quantitative estimate of drug-likeness (QED) is 0.736. The van der Waals surface area contributed by atoms with E-state index in [1.54, 1.807) is 30.5 Å². The zero-order valence-electron chi connectivity index (χ0n) is 16.6. The third kappa shape index (κ3) is 5.70. The molecule has 1 N–H and O–H groups in total. The van der Waals surface area contributed by atoms with Crippen LogP contribution in [0.1, 0.15) is 30.9 Å². The summed E-state index contributed by atoms with van der Waals surface area (Å²) in [6.07, 6.45) is 3.74. The molecule has 29 heavy (non-hydrogen) atoms. The summed E-state index contributed by atoms with van der Waals surface area (Å²) in [6.45, 7) is 3.89. The normalized spacial score (nSPS) is 14.6. The average molecular weight is 416 g/mol. The Bertz CT molecular complexity index is 849. The van der Waals surface area contributed by atoms with Gasteiger partial charge in [0.05, 0.1) is 12.8 Å². The molecule has 1 aromatic heterocycles. The van der Waals surface area contributed by atoms with Gasteiger partial charge < -0.3 is 14.9 Å². The van der Waals surface area contributed by atoms with Crippen LogP contribution in [0.5, 0.6) is 5.75 Å². The van der Waals surface area contributed by atoms with Gasteiger partial charge in [-0.15, -0.1) is 0 Å². The second-order valence-electron chi connectivity index (χ2n) is 7.30. The number of hydrogen-bond acceptors (Lipinski definition) is 4. The predicted molar refractivity (Wildman–Crippen MR) is 112 cm³/mol. The lowest BCUT2D eigenvalue weighted by molar-refractivity contribution is -0.135. The second kappa shape index (κ2) is 9.74. The number of nitrogens with zero attached hydrogens (tertiary/aromatic N) is 3. The molecule has 1 fully saturated rings. The Balaban J connectivity index is 1.53. The number of phenolic OH excluding ortho intramolecular Hbond substituents is 1. The maximum atomic E-state index is 12.8. The minimum atomic E-state index is 0.0510. The fourth-order valence-corrected chi connectivity index (χ4v) is 3.92. The first kappa shape index (κ1) is 21.1. The van der Waals surface area contributed by atoms with Gasteiger partial charge in [-0.05, 0) is 49.1 Å². The van der Waals surface area contributed by atoms with Crippen molar-refractivity contribution >= 4 is 23.4 Å². The number of carbonyl (C=O) groups excluding carboxylic acids is 2. The van der Waals surface area contributed by atoms with Crippen LogP contribution in [-0.4, -0.2) is 57.4 Å². The average Bonchev–Trinajstić information content (AvgIpc) is 2.71. The number of halogens is 1. The van der Waals surface area contributed by atoms with E-state index in [-0.39, 0.29) is 30.0 Å². The number of amides is 2. The van der Waals surface area contributed by atoms with Crippen molar-refractivity contribution in [1.29, 1.82) is 0 Å². The Morgan fingerprint density at radius 1 is 1.17 bits per heavy atom. The van der Waals surface area contributed by atoms with E-state index >= 15 is 0 Å². The molecule has 2 heterocycles.